The summed E-state index contributed by atoms with van der Waals surface area (Å²) < 4.78 is 5.19. The SMILES string of the molecule is C=CCC(Cl)c1ccccc1OC.CC. The number of hydrogen-bond acceptors (Lipinski definition) is 1. The molecule has 0 saturated heterocycles. The monoisotopic (exact) mass is 226 g/mol. The lowest BCUT2D eigenvalue weighted by atomic mass is 10.1. The number of allylic oxidation sites excluding steroid dienone is 1. The van der Waals surface area contributed by atoms with Gasteiger partial charge in [0, 0.05) is 5.56 Å². The van der Waals surface area contributed by atoms with E-state index in [2.05, 4.69) is 6.58 Å². The molecule has 1 nitrogen and oxygen atoms in total. The Balaban J connectivity index is 0.000000921. The summed E-state index contributed by atoms with van der Waals surface area (Å²) in [4.78, 5) is 0. The first-order chi connectivity index (χ1) is 7.29. The van der Waals surface area contributed by atoms with Gasteiger partial charge in [-0.15, -0.1) is 18.2 Å². The molecule has 0 fully saturated rings. The fraction of sp³-hybridized carbons (Fsp3) is 0.385. The smallest absolute Gasteiger partial charge is 0.123 e. The molecule has 0 saturated carbocycles. The Morgan fingerprint density at radius 2 is 2.00 bits per heavy atom. The third kappa shape index (κ3) is 4.39. The molecule has 0 amide bonds. The van der Waals surface area contributed by atoms with Gasteiger partial charge in [0.2, 0.25) is 0 Å². The van der Waals surface area contributed by atoms with Crippen molar-refractivity contribution in [3.8, 4) is 5.75 Å². The van der Waals surface area contributed by atoms with Gasteiger partial charge in [-0.05, 0) is 12.5 Å². The van der Waals surface area contributed by atoms with Crippen LogP contribution in [0.2, 0.25) is 0 Å². The lowest BCUT2D eigenvalue weighted by Crippen LogP contribution is -1.93. The first-order valence-electron chi connectivity index (χ1n) is 5.17. The maximum atomic E-state index is 6.14. The molecular weight excluding hydrogens is 208 g/mol. The molecule has 0 aromatic heterocycles. The van der Waals surface area contributed by atoms with Gasteiger partial charge in [0.1, 0.15) is 5.75 Å². The van der Waals surface area contributed by atoms with Crippen LogP contribution in [0, 0.1) is 0 Å². The van der Waals surface area contributed by atoms with Crippen LogP contribution in [0.1, 0.15) is 31.2 Å². The lowest BCUT2D eigenvalue weighted by Gasteiger charge is -2.11. The molecule has 0 bridgehead atoms. The minimum atomic E-state index is -0.0475. The second kappa shape index (κ2) is 8.37. The summed E-state index contributed by atoms with van der Waals surface area (Å²) in [5.41, 5.74) is 1.02. The third-order valence-corrected chi connectivity index (χ3v) is 2.26. The molecule has 1 rings (SSSR count). The van der Waals surface area contributed by atoms with Crippen LogP contribution in [0.15, 0.2) is 36.9 Å². The molecule has 84 valence electrons. The van der Waals surface area contributed by atoms with Gasteiger partial charge in [-0.25, -0.2) is 0 Å². The minimum absolute atomic E-state index is 0.0475. The summed E-state index contributed by atoms with van der Waals surface area (Å²) in [7, 11) is 1.65. The standard InChI is InChI=1S/C11H13ClO.C2H6/c1-3-6-10(12)9-7-4-5-8-11(9)13-2;1-2/h3-5,7-8,10H,1,6H2,2H3;1-2H3. The highest BCUT2D eigenvalue weighted by atomic mass is 35.5. The van der Waals surface area contributed by atoms with Crippen LogP contribution in [-0.4, -0.2) is 7.11 Å². The molecule has 0 heterocycles. The zero-order chi connectivity index (χ0) is 11.7. The van der Waals surface area contributed by atoms with Crippen molar-refractivity contribution in [2.45, 2.75) is 25.6 Å². The van der Waals surface area contributed by atoms with Crippen LogP contribution >= 0.6 is 11.6 Å². The highest BCUT2D eigenvalue weighted by Crippen LogP contribution is 2.31. The Labute approximate surface area is 97.7 Å². The number of hydrogen-bond donors (Lipinski definition) is 0. The van der Waals surface area contributed by atoms with Crippen LogP contribution < -0.4 is 4.74 Å². The molecule has 0 aliphatic carbocycles. The minimum Gasteiger partial charge on any atom is -0.496 e. The molecule has 1 aromatic carbocycles. The normalized spacial score (nSPS) is 10.9. The average Bonchev–Trinajstić information content (AvgIpc) is 2.32. The Kier molecular flexibility index (Phi) is 7.84. The van der Waals surface area contributed by atoms with E-state index in [4.69, 9.17) is 16.3 Å². The largest absolute Gasteiger partial charge is 0.496 e. The molecular formula is C13H19ClO. The Morgan fingerprint density at radius 3 is 2.53 bits per heavy atom. The van der Waals surface area contributed by atoms with Crippen LogP contribution in [0.4, 0.5) is 0 Å². The molecule has 1 atom stereocenters. The number of benzene rings is 1. The fourth-order valence-corrected chi connectivity index (χ4v) is 1.50. The Morgan fingerprint density at radius 1 is 1.40 bits per heavy atom. The summed E-state index contributed by atoms with van der Waals surface area (Å²) in [6.07, 6.45) is 2.56. The number of rotatable bonds is 4. The van der Waals surface area contributed by atoms with Gasteiger partial charge in [0.25, 0.3) is 0 Å². The van der Waals surface area contributed by atoms with Crippen LogP contribution in [0.25, 0.3) is 0 Å². The van der Waals surface area contributed by atoms with Gasteiger partial charge >= 0.3 is 0 Å². The fourth-order valence-electron chi connectivity index (χ4n) is 1.20. The van der Waals surface area contributed by atoms with E-state index in [0.717, 1.165) is 17.7 Å². The molecule has 15 heavy (non-hydrogen) atoms. The number of ether oxygens (including phenoxy) is 1. The molecule has 1 aromatic rings. The summed E-state index contributed by atoms with van der Waals surface area (Å²) in [5.74, 6) is 0.837. The van der Waals surface area contributed by atoms with E-state index in [9.17, 15) is 0 Å². The summed E-state index contributed by atoms with van der Waals surface area (Å²) in [5, 5.41) is -0.0475. The van der Waals surface area contributed by atoms with E-state index in [1.54, 1.807) is 7.11 Å². The third-order valence-electron chi connectivity index (χ3n) is 1.85. The molecule has 2 heteroatoms. The van der Waals surface area contributed by atoms with Crippen molar-refractivity contribution in [1.29, 1.82) is 0 Å². The second-order valence-electron chi connectivity index (χ2n) is 2.73. The van der Waals surface area contributed by atoms with E-state index < -0.39 is 0 Å². The first kappa shape index (κ1) is 14.1. The van der Waals surface area contributed by atoms with Crippen molar-refractivity contribution < 1.29 is 4.74 Å². The van der Waals surface area contributed by atoms with Crippen molar-refractivity contribution >= 4 is 11.6 Å². The van der Waals surface area contributed by atoms with E-state index in [1.165, 1.54) is 0 Å². The maximum Gasteiger partial charge on any atom is 0.123 e. The zero-order valence-electron chi connectivity index (χ0n) is 9.66. The topological polar surface area (TPSA) is 9.23 Å². The van der Waals surface area contributed by atoms with Gasteiger partial charge in [-0.1, -0.05) is 38.1 Å². The molecule has 0 N–H and O–H groups in total. The van der Waals surface area contributed by atoms with E-state index in [0.29, 0.717) is 0 Å². The van der Waals surface area contributed by atoms with E-state index in [-0.39, 0.29) is 5.38 Å². The lowest BCUT2D eigenvalue weighted by molar-refractivity contribution is 0.409. The quantitative estimate of drug-likeness (QED) is 0.540. The summed E-state index contributed by atoms with van der Waals surface area (Å²) >= 11 is 6.14. The number of halogens is 1. The van der Waals surface area contributed by atoms with Crippen molar-refractivity contribution in [3.63, 3.8) is 0 Å². The van der Waals surface area contributed by atoms with Gasteiger partial charge in [0.15, 0.2) is 0 Å². The number of para-hydroxylation sites is 1. The van der Waals surface area contributed by atoms with Crippen molar-refractivity contribution in [3.05, 3.63) is 42.5 Å². The number of alkyl halides is 1. The van der Waals surface area contributed by atoms with Crippen LogP contribution in [-0.2, 0) is 0 Å². The molecule has 0 aliphatic heterocycles. The van der Waals surface area contributed by atoms with Gasteiger partial charge in [-0.3, -0.25) is 0 Å². The predicted molar refractivity (Wildman–Crippen MR) is 67.8 cm³/mol. The Hall–Kier alpha value is -0.950. The van der Waals surface area contributed by atoms with Gasteiger partial charge < -0.3 is 4.74 Å². The van der Waals surface area contributed by atoms with E-state index in [1.807, 2.05) is 44.2 Å². The van der Waals surface area contributed by atoms with Gasteiger partial charge in [-0.2, -0.15) is 0 Å². The molecule has 0 spiro atoms. The van der Waals surface area contributed by atoms with E-state index >= 15 is 0 Å². The zero-order valence-corrected chi connectivity index (χ0v) is 10.4. The highest BCUT2D eigenvalue weighted by molar-refractivity contribution is 6.21. The molecule has 0 aliphatic rings. The molecule has 1 unspecified atom stereocenters. The van der Waals surface area contributed by atoms with Crippen molar-refractivity contribution in [1.82, 2.24) is 0 Å². The molecule has 0 radical (unpaired) electrons. The van der Waals surface area contributed by atoms with Crippen LogP contribution in [0.3, 0.4) is 0 Å². The summed E-state index contributed by atoms with van der Waals surface area (Å²) in [6, 6.07) is 7.77. The van der Waals surface area contributed by atoms with Gasteiger partial charge in [0.05, 0.1) is 12.5 Å². The Bertz CT molecular complexity index is 284. The van der Waals surface area contributed by atoms with Crippen molar-refractivity contribution in [2.24, 2.45) is 0 Å². The first-order valence-corrected chi connectivity index (χ1v) is 5.61. The summed E-state index contributed by atoms with van der Waals surface area (Å²) in [6.45, 7) is 7.66. The predicted octanol–water partition coefficient (Wildman–Crippen LogP) is 4.58. The van der Waals surface area contributed by atoms with Crippen LogP contribution in [0.5, 0.6) is 5.75 Å². The van der Waals surface area contributed by atoms with Crippen molar-refractivity contribution in [2.75, 3.05) is 7.11 Å². The maximum absolute atomic E-state index is 6.14. The second-order valence-corrected chi connectivity index (χ2v) is 3.26. The average molecular weight is 227 g/mol. The highest BCUT2D eigenvalue weighted by Gasteiger charge is 2.10. The number of methoxy groups -OCH3 is 1.